The number of carbonyl (C=O) groups excluding carboxylic acids is 1. The molecule has 0 aliphatic carbocycles. The number of rotatable bonds is 4. The number of piperazine rings is 1. The van der Waals surface area contributed by atoms with E-state index in [4.69, 9.17) is 0 Å². The van der Waals surface area contributed by atoms with E-state index in [0.717, 1.165) is 4.68 Å². The molecule has 1 aliphatic heterocycles. The summed E-state index contributed by atoms with van der Waals surface area (Å²) in [4.78, 5) is 28.4. The lowest BCUT2D eigenvalue weighted by atomic mass is 10.1. The van der Waals surface area contributed by atoms with Crippen molar-refractivity contribution in [3.8, 4) is 11.3 Å². The van der Waals surface area contributed by atoms with Gasteiger partial charge in [0.1, 0.15) is 18.2 Å². The molecule has 154 valence electrons. The molecule has 1 amide bonds. The number of amides is 1. The van der Waals surface area contributed by atoms with Gasteiger partial charge in [-0.3, -0.25) is 9.59 Å². The van der Waals surface area contributed by atoms with E-state index in [1.807, 2.05) is 4.90 Å². The van der Waals surface area contributed by atoms with Crippen LogP contribution in [0.25, 0.3) is 11.3 Å². The van der Waals surface area contributed by atoms with Crippen LogP contribution in [0.4, 0.5) is 14.5 Å². The molecule has 6 nitrogen and oxygen atoms in total. The second-order valence-electron chi connectivity index (χ2n) is 7.04. The first-order chi connectivity index (χ1) is 14.5. The molecule has 8 heteroatoms. The minimum absolute atomic E-state index is 0.187. The molecular formula is C22H20F2N4O2. The second kappa shape index (κ2) is 8.44. The van der Waals surface area contributed by atoms with Crippen LogP contribution in [0.15, 0.2) is 65.5 Å². The maximum Gasteiger partial charge on any atom is 0.267 e. The number of nitrogens with zero attached hydrogens (tertiary/aromatic N) is 4. The summed E-state index contributed by atoms with van der Waals surface area (Å²) >= 11 is 0. The third-order valence-corrected chi connectivity index (χ3v) is 5.12. The Labute approximate surface area is 172 Å². The lowest BCUT2D eigenvalue weighted by Crippen LogP contribution is -2.50. The molecule has 3 aromatic rings. The third-order valence-electron chi connectivity index (χ3n) is 5.12. The summed E-state index contributed by atoms with van der Waals surface area (Å²) < 4.78 is 28.2. The summed E-state index contributed by atoms with van der Waals surface area (Å²) in [5.41, 5.74) is 1.26. The molecule has 1 aliphatic rings. The lowest BCUT2D eigenvalue weighted by Gasteiger charge is -2.36. The molecule has 0 saturated carbocycles. The fraction of sp³-hybridized carbons (Fsp3) is 0.227. The molecule has 1 fully saturated rings. The maximum atomic E-state index is 14.0. The Balaban J connectivity index is 1.43. The molecule has 0 bridgehead atoms. The lowest BCUT2D eigenvalue weighted by molar-refractivity contribution is -0.132. The normalized spacial score (nSPS) is 14.1. The van der Waals surface area contributed by atoms with Gasteiger partial charge in [0.05, 0.1) is 11.4 Å². The van der Waals surface area contributed by atoms with Gasteiger partial charge in [0.2, 0.25) is 5.91 Å². The minimum Gasteiger partial charge on any atom is -0.366 e. The number of para-hydroxylation sites is 1. The number of halogens is 2. The average molecular weight is 410 g/mol. The SMILES string of the molecule is O=C(Cn1nc(-c2ccc(F)cc2)ccc1=O)N1CCN(c2ccccc2F)CC1. The molecule has 1 saturated heterocycles. The predicted molar refractivity (Wildman–Crippen MR) is 109 cm³/mol. The molecule has 0 N–H and O–H groups in total. The van der Waals surface area contributed by atoms with Crippen LogP contribution in [0, 0.1) is 11.6 Å². The summed E-state index contributed by atoms with van der Waals surface area (Å²) in [6.07, 6.45) is 0. The van der Waals surface area contributed by atoms with Crippen LogP contribution in [-0.4, -0.2) is 46.8 Å². The smallest absolute Gasteiger partial charge is 0.267 e. The van der Waals surface area contributed by atoms with Crippen molar-refractivity contribution in [2.75, 3.05) is 31.1 Å². The molecule has 2 aromatic carbocycles. The van der Waals surface area contributed by atoms with Crippen LogP contribution in [0.5, 0.6) is 0 Å². The first-order valence-corrected chi connectivity index (χ1v) is 9.62. The molecule has 0 spiro atoms. The van der Waals surface area contributed by atoms with Crippen molar-refractivity contribution >= 4 is 11.6 Å². The van der Waals surface area contributed by atoms with Crippen molar-refractivity contribution in [1.29, 1.82) is 0 Å². The zero-order chi connectivity index (χ0) is 21.1. The first kappa shape index (κ1) is 19.8. The van der Waals surface area contributed by atoms with Crippen molar-refractivity contribution in [1.82, 2.24) is 14.7 Å². The highest BCUT2D eigenvalue weighted by atomic mass is 19.1. The molecule has 4 rings (SSSR count). The summed E-state index contributed by atoms with van der Waals surface area (Å²) in [5, 5.41) is 4.26. The molecule has 0 atom stereocenters. The van der Waals surface area contributed by atoms with Gasteiger partial charge in [-0.2, -0.15) is 5.10 Å². The summed E-state index contributed by atoms with van der Waals surface area (Å²) in [6, 6.07) is 15.2. The molecule has 1 aromatic heterocycles. The van der Waals surface area contributed by atoms with Gasteiger partial charge in [0.25, 0.3) is 5.56 Å². The maximum absolute atomic E-state index is 14.0. The van der Waals surface area contributed by atoms with Crippen LogP contribution in [-0.2, 0) is 11.3 Å². The number of anilines is 1. The zero-order valence-corrected chi connectivity index (χ0v) is 16.2. The highest BCUT2D eigenvalue weighted by Crippen LogP contribution is 2.20. The minimum atomic E-state index is -0.390. The van der Waals surface area contributed by atoms with Crippen molar-refractivity contribution < 1.29 is 13.6 Å². The van der Waals surface area contributed by atoms with E-state index >= 15 is 0 Å². The van der Waals surface area contributed by atoms with E-state index in [1.165, 1.54) is 24.3 Å². The van der Waals surface area contributed by atoms with Gasteiger partial charge in [0.15, 0.2) is 0 Å². The van der Waals surface area contributed by atoms with E-state index in [9.17, 15) is 18.4 Å². The quantitative estimate of drug-likeness (QED) is 0.663. The van der Waals surface area contributed by atoms with E-state index in [1.54, 1.807) is 41.3 Å². The predicted octanol–water partition coefficient (Wildman–Crippen LogP) is 2.54. The van der Waals surface area contributed by atoms with Crippen LogP contribution in [0.1, 0.15) is 0 Å². The monoisotopic (exact) mass is 410 g/mol. The molecular weight excluding hydrogens is 390 g/mol. The average Bonchev–Trinajstić information content (AvgIpc) is 2.76. The summed E-state index contributed by atoms with van der Waals surface area (Å²) in [5.74, 6) is -0.878. The molecule has 2 heterocycles. The standard InChI is InChI=1S/C22H20F2N4O2/c23-17-7-5-16(6-8-17)19-9-10-21(29)28(25-19)15-22(30)27-13-11-26(12-14-27)20-4-2-1-3-18(20)24/h1-10H,11-15H2. The van der Waals surface area contributed by atoms with E-state index < -0.39 is 0 Å². The summed E-state index contributed by atoms with van der Waals surface area (Å²) in [7, 11) is 0. The fourth-order valence-electron chi connectivity index (χ4n) is 3.47. The van der Waals surface area contributed by atoms with Gasteiger partial charge in [-0.1, -0.05) is 12.1 Å². The van der Waals surface area contributed by atoms with Gasteiger partial charge in [-0.15, -0.1) is 0 Å². The van der Waals surface area contributed by atoms with E-state index in [2.05, 4.69) is 5.10 Å². The Morgan fingerprint density at radius 3 is 2.30 bits per heavy atom. The Morgan fingerprint density at radius 1 is 0.900 bits per heavy atom. The van der Waals surface area contributed by atoms with E-state index in [-0.39, 0.29) is 29.6 Å². The Bertz CT molecular complexity index is 1110. The topological polar surface area (TPSA) is 58.4 Å². The molecule has 0 unspecified atom stereocenters. The first-order valence-electron chi connectivity index (χ1n) is 9.62. The summed E-state index contributed by atoms with van der Waals surface area (Å²) in [6.45, 7) is 1.68. The van der Waals surface area contributed by atoms with Crippen LogP contribution in [0.2, 0.25) is 0 Å². The third kappa shape index (κ3) is 4.22. The molecule has 0 radical (unpaired) electrons. The number of hydrogen-bond acceptors (Lipinski definition) is 4. The van der Waals surface area contributed by atoms with Gasteiger partial charge in [0, 0.05) is 37.8 Å². The van der Waals surface area contributed by atoms with Crippen molar-refractivity contribution in [2.45, 2.75) is 6.54 Å². The van der Waals surface area contributed by atoms with Gasteiger partial charge >= 0.3 is 0 Å². The highest BCUT2D eigenvalue weighted by Gasteiger charge is 2.23. The van der Waals surface area contributed by atoms with Crippen molar-refractivity contribution in [3.63, 3.8) is 0 Å². The Morgan fingerprint density at radius 2 is 1.60 bits per heavy atom. The van der Waals surface area contributed by atoms with Gasteiger partial charge < -0.3 is 9.80 Å². The zero-order valence-electron chi connectivity index (χ0n) is 16.2. The Kier molecular flexibility index (Phi) is 5.56. The number of carbonyl (C=O) groups is 1. The van der Waals surface area contributed by atoms with Gasteiger partial charge in [-0.25, -0.2) is 13.5 Å². The highest BCUT2D eigenvalue weighted by molar-refractivity contribution is 5.76. The van der Waals surface area contributed by atoms with Crippen LogP contribution < -0.4 is 10.5 Å². The van der Waals surface area contributed by atoms with Crippen molar-refractivity contribution in [2.24, 2.45) is 0 Å². The van der Waals surface area contributed by atoms with Gasteiger partial charge in [-0.05, 0) is 42.5 Å². The second-order valence-corrected chi connectivity index (χ2v) is 7.04. The number of hydrogen-bond donors (Lipinski definition) is 0. The largest absolute Gasteiger partial charge is 0.366 e. The number of benzene rings is 2. The van der Waals surface area contributed by atoms with E-state index in [0.29, 0.717) is 43.1 Å². The van der Waals surface area contributed by atoms with Crippen LogP contribution in [0.3, 0.4) is 0 Å². The van der Waals surface area contributed by atoms with Crippen molar-refractivity contribution in [3.05, 3.63) is 82.7 Å². The Hall–Kier alpha value is -3.55. The fourth-order valence-corrected chi connectivity index (χ4v) is 3.47. The number of aromatic nitrogens is 2. The molecule has 30 heavy (non-hydrogen) atoms. The van der Waals surface area contributed by atoms with Crippen LogP contribution >= 0.6 is 0 Å².